The van der Waals surface area contributed by atoms with Crippen LogP contribution in [0.15, 0.2) is 18.2 Å². The molecule has 1 amide bonds. The van der Waals surface area contributed by atoms with Crippen molar-refractivity contribution in [3.05, 3.63) is 24.0 Å². The summed E-state index contributed by atoms with van der Waals surface area (Å²) in [6, 6.07) is 4.12. The Hall–Kier alpha value is -1.27. The van der Waals surface area contributed by atoms with Crippen LogP contribution in [0.3, 0.4) is 0 Å². The topological polar surface area (TPSA) is 58.4 Å². The van der Waals surface area contributed by atoms with Crippen molar-refractivity contribution in [2.75, 3.05) is 37.4 Å². The standard InChI is InChI=1S/C13H20FN3OS/c1-9(19-7-6-17(2)3)13(18)16-12-8-10(15)4-5-11(12)14/h4-5,8-9H,6-7,15H2,1-3H3,(H,16,18). The third kappa shape index (κ3) is 5.48. The third-order valence-electron chi connectivity index (χ3n) is 2.52. The number of nitrogens with zero attached hydrogens (tertiary/aromatic N) is 1. The van der Waals surface area contributed by atoms with E-state index < -0.39 is 5.82 Å². The van der Waals surface area contributed by atoms with Crippen molar-refractivity contribution >= 4 is 29.0 Å². The van der Waals surface area contributed by atoms with Gasteiger partial charge in [-0.25, -0.2) is 4.39 Å². The molecule has 0 aliphatic heterocycles. The summed E-state index contributed by atoms with van der Waals surface area (Å²) in [6.45, 7) is 2.70. The van der Waals surface area contributed by atoms with Gasteiger partial charge in [-0.2, -0.15) is 0 Å². The molecule has 1 unspecified atom stereocenters. The van der Waals surface area contributed by atoms with Gasteiger partial charge in [0.05, 0.1) is 10.9 Å². The van der Waals surface area contributed by atoms with E-state index in [1.165, 1.54) is 30.0 Å². The lowest BCUT2D eigenvalue weighted by molar-refractivity contribution is -0.115. The van der Waals surface area contributed by atoms with Gasteiger partial charge in [-0.3, -0.25) is 4.79 Å². The Balaban J connectivity index is 2.51. The van der Waals surface area contributed by atoms with Crippen molar-refractivity contribution in [3.8, 4) is 0 Å². The molecule has 0 saturated heterocycles. The summed E-state index contributed by atoms with van der Waals surface area (Å²) in [5.41, 5.74) is 6.11. The van der Waals surface area contributed by atoms with Gasteiger partial charge >= 0.3 is 0 Å². The molecular weight excluding hydrogens is 265 g/mol. The predicted octanol–water partition coefficient (Wildman–Crippen LogP) is 2.03. The molecule has 0 fully saturated rings. The minimum atomic E-state index is -0.479. The number of hydrogen-bond donors (Lipinski definition) is 2. The molecule has 1 rings (SSSR count). The fraction of sp³-hybridized carbons (Fsp3) is 0.462. The van der Waals surface area contributed by atoms with Crippen molar-refractivity contribution in [3.63, 3.8) is 0 Å². The maximum absolute atomic E-state index is 13.5. The molecule has 0 saturated carbocycles. The Morgan fingerprint density at radius 3 is 2.84 bits per heavy atom. The first-order chi connectivity index (χ1) is 8.90. The number of nitrogens with one attached hydrogen (secondary N) is 1. The summed E-state index contributed by atoms with van der Waals surface area (Å²) < 4.78 is 13.5. The number of anilines is 2. The fourth-order valence-corrected chi connectivity index (χ4v) is 2.40. The number of rotatable bonds is 6. The van der Waals surface area contributed by atoms with Crippen LogP contribution in [-0.4, -0.2) is 42.4 Å². The Labute approximate surface area is 117 Å². The van der Waals surface area contributed by atoms with Crippen LogP contribution in [0.4, 0.5) is 15.8 Å². The number of hydrogen-bond acceptors (Lipinski definition) is 4. The quantitative estimate of drug-likeness (QED) is 0.785. The number of nitrogens with two attached hydrogens (primary N) is 1. The molecule has 0 heterocycles. The fourth-order valence-electron chi connectivity index (χ4n) is 1.36. The molecule has 1 aromatic carbocycles. The van der Waals surface area contributed by atoms with Gasteiger partial charge in [0, 0.05) is 18.0 Å². The lowest BCUT2D eigenvalue weighted by Gasteiger charge is -2.14. The smallest absolute Gasteiger partial charge is 0.237 e. The SMILES string of the molecule is CC(SCCN(C)C)C(=O)Nc1cc(N)ccc1F. The first-order valence-corrected chi connectivity index (χ1v) is 7.07. The highest BCUT2D eigenvalue weighted by molar-refractivity contribution is 8.00. The van der Waals surface area contributed by atoms with Gasteiger partial charge in [-0.15, -0.1) is 11.8 Å². The normalized spacial score (nSPS) is 12.5. The predicted molar refractivity (Wildman–Crippen MR) is 79.9 cm³/mol. The number of amides is 1. The van der Waals surface area contributed by atoms with Crippen molar-refractivity contribution in [2.24, 2.45) is 0 Å². The number of carbonyl (C=O) groups is 1. The minimum absolute atomic E-state index is 0.130. The van der Waals surface area contributed by atoms with E-state index in [2.05, 4.69) is 10.2 Å². The highest BCUT2D eigenvalue weighted by Crippen LogP contribution is 2.19. The van der Waals surface area contributed by atoms with E-state index in [1.807, 2.05) is 14.1 Å². The van der Waals surface area contributed by atoms with Gasteiger partial charge in [0.25, 0.3) is 0 Å². The molecule has 0 aliphatic carbocycles. The number of carbonyl (C=O) groups excluding carboxylic acids is 1. The highest BCUT2D eigenvalue weighted by Gasteiger charge is 2.15. The first kappa shape index (κ1) is 15.8. The number of benzene rings is 1. The number of nitrogen functional groups attached to an aromatic ring is 1. The van der Waals surface area contributed by atoms with Crippen LogP contribution in [0.1, 0.15) is 6.92 Å². The van der Waals surface area contributed by atoms with Crippen molar-refractivity contribution in [2.45, 2.75) is 12.2 Å². The molecule has 0 bridgehead atoms. The van der Waals surface area contributed by atoms with Crippen molar-refractivity contribution in [1.82, 2.24) is 4.90 Å². The summed E-state index contributed by atoms with van der Waals surface area (Å²) in [5.74, 6) is 0.155. The molecular formula is C13H20FN3OS. The lowest BCUT2D eigenvalue weighted by atomic mass is 10.2. The Morgan fingerprint density at radius 1 is 1.53 bits per heavy atom. The molecule has 3 N–H and O–H groups in total. The Bertz CT molecular complexity index is 440. The molecule has 6 heteroatoms. The van der Waals surface area contributed by atoms with Crippen LogP contribution >= 0.6 is 11.8 Å². The Morgan fingerprint density at radius 2 is 2.21 bits per heavy atom. The zero-order chi connectivity index (χ0) is 14.4. The second kappa shape index (κ2) is 7.35. The van der Waals surface area contributed by atoms with Crippen LogP contribution in [0.25, 0.3) is 0 Å². The molecule has 1 atom stereocenters. The molecule has 4 nitrogen and oxygen atoms in total. The van der Waals surface area contributed by atoms with Gasteiger partial charge in [-0.1, -0.05) is 0 Å². The summed E-state index contributed by atoms with van der Waals surface area (Å²) in [5, 5.41) is 2.33. The molecule has 1 aromatic rings. The van der Waals surface area contributed by atoms with E-state index in [-0.39, 0.29) is 16.8 Å². The van der Waals surface area contributed by atoms with Crippen molar-refractivity contribution < 1.29 is 9.18 Å². The highest BCUT2D eigenvalue weighted by atomic mass is 32.2. The average molecular weight is 285 g/mol. The van der Waals surface area contributed by atoms with E-state index in [9.17, 15) is 9.18 Å². The summed E-state index contributed by atoms with van der Waals surface area (Å²) in [4.78, 5) is 13.9. The van der Waals surface area contributed by atoms with Crippen LogP contribution in [0.2, 0.25) is 0 Å². The van der Waals surface area contributed by atoms with E-state index >= 15 is 0 Å². The summed E-state index contributed by atoms with van der Waals surface area (Å²) in [7, 11) is 3.96. The Kier molecular flexibility index (Phi) is 6.11. The third-order valence-corrected chi connectivity index (χ3v) is 3.66. The zero-order valence-electron chi connectivity index (χ0n) is 11.4. The molecule has 19 heavy (non-hydrogen) atoms. The molecule has 0 spiro atoms. The monoisotopic (exact) mass is 285 g/mol. The van der Waals surface area contributed by atoms with Gasteiger partial charge in [0.2, 0.25) is 5.91 Å². The summed E-state index contributed by atoms with van der Waals surface area (Å²) >= 11 is 1.53. The van der Waals surface area contributed by atoms with Crippen molar-refractivity contribution in [1.29, 1.82) is 0 Å². The molecule has 0 aromatic heterocycles. The van der Waals surface area contributed by atoms with E-state index in [4.69, 9.17) is 5.73 Å². The summed E-state index contributed by atoms with van der Waals surface area (Å²) in [6.07, 6.45) is 0. The number of thioether (sulfide) groups is 1. The first-order valence-electron chi connectivity index (χ1n) is 6.02. The second-order valence-corrected chi connectivity index (χ2v) is 5.99. The van der Waals surface area contributed by atoms with E-state index in [1.54, 1.807) is 6.92 Å². The van der Waals surface area contributed by atoms with E-state index in [0.29, 0.717) is 5.69 Å². The van der Waals surface area contributed by atoms with Gasteiger partial charge < -0.3 is 16.0 Å². The molecule has 0 aliphatic rings. The van der Waals surface area contributed by atoms with E-state index in [0.717, 1.165) is 12.3 Å². The second-order valence-electron chi connectivity index (χ2n) is 4.54. The molecule has 106 valence electrons. The number of halogens is 1. The van der Waals surface area contributed by atoms with Gasteiger partial charge in [0.1, 0.15) is 5.82 Å². The maximum atomic E-state index is 13.5. The zero-order valence-corrected chi connectivity index (χ0v) is 12.3. The van der Waals surface area contributed by atoms with Crippen LogP contribution < -0.4 is 11.1 Å². The largest absolute Gasteiger partial charge is 0.399 e. The van der Waals surface area contributed by atoms with Crippen LogP contribution in [-0.2, 0) is 4.79 Å². The van der Waals surface area contributed by atoms with Gasteiger partial charge in [-0.05, 0) is 39.2 Å². The molecule has 0 radical (unpaired) electrons. The average Bonchev–Trinajstić information content (AvgIpc) is 2.33. The van der Waals surface area contributed by atoms with Crippen LogP contribution in [0, 0.1) is 5.82 Å². The minimum Gasteiger partial charge on any atom is -0.399 e. The maximum Gasteiger partial charge on any atom is 0.237 e. The van der Waals surface area contributed by atoms with Crippen LogP contribution in [0.5, 0.6) is 0 Å². The van der Waals surface area contributed by atoms with Gasteiger partial charge in [0.15, 0.2) is 0 Å². The lowest BCUT2D eigenvalue weighted by Crippen LogP contribution is -2.25.